The second-order valence-electron chi connectivity index (χ2n) is 3.25. The Balaban J connectivity index is 2.54. The van der Waals surface area contributed by atoms with E-state index in [1.165, 1.54) is 6.20 Å². The Bertz CT molecular complexity index is 722. The van der Waals surface area contributed by atoms with Crippen LogP contribution < -0.4 is 11.0 Å². The van der Waals surface area contributed by atoms with Gasteiger partial charge in [-0.25, -0.2) is 4.79 Å². The lowest BCUT2D eigenvalue weighted by molar-refractivity contribution is 0.933. The number of pyridine rings is 1. The Morgan fingerprint density at radius 3 is 3.06 bits per heavy atom. The van der Waals surface area contributed by atoms with E-state index in [0.29, 0.717) is 17.0 Å². The molecule has 1 N–H and O–H groups in total. The number of aromatic nitrogens is 3. The fourth-order valence-corrected chi connectivity index (χ4v) is 1.66. The first-order chi connectivity index (χ1) is 7.79. The van der Waals surface area contributed by atoms with Crippen LogP contribution in [0.15, 0.2) is 29.2 Å². The summed E-state index contributed by atoms with van der Waals surface area (Å²) in [7, 11) is 0. The smallest absolute Gasteiger partial charge is 0.346 e. The van der Waals surface area contributed by atoms with Crippen molar-refractivity contribution in [3.05, 3.63) is 40.7 Å². The van der Waals surface area contributed by atoms with Gasteiger partial charge in [-0.3, -0.25) is 4.40 Å². The molecule has 3 rings (SSSR count). The third-order valence-electron chi connectivity index (χ3n) is 2.32. The fourth-order valence-electron chi connectivity index (χ4n) is 1.66. The number of nitrogens with zero attached hydrogens (tertiary/aromatic N) is 4. The second-order valence-corrected chi connectivity index (χ2v) is 3.25. The van der Waals surface area contributed by atoms with Crippen molar-refractivity contribution in [2.75, 3.05) is 5.32 Å². The molecule has 0 radical (unpaired) electrons. The summed E-state index contributed by atoms with van der Waals surface area (Å²) in [5, 5.41) is 11.9. The quantitative estimate of drug-likeness (QED) is 0.681. The maximum atomic E-state index is 11.3. The molecule has 2 aromatic rings. The SMILES string of the molecule is N#CC1=CNc2cccc3nc(=O)nc1n23. The van der Waals surface area contributed by atoms with Crippen LogP contribution in [0.1, 0.15) is 5.82 Å². The van der Waals surface area contributed by atoms with E-state index in [-0.39, 0.29) is 0 Å². The lowest BCUT2D eigenvalue weighted by atomic mass is 10.2. The molecule has 0 fully saturated rings. The minimum atomic E-state index is -0.588. The largest absolute Gasteiger partial charge is 0.371 e. The van der Waals surface area contributed by atoms with Gasteiger partial charge in [0.25, 0.3) is 0 Å². The van der Waals surface area contributed by atoms with Crippen LogP contribution >= 0.6 is 0 Å². The van der Waals surface area contributed by atoms with Gasteiger partial charge in [0, 0.05) is 6.20 Å². The number of nitriles is 1. The molecule has 1 aliphatic heterocycles. The summed E-state index contributed by atoms with van der Waals surface area (Å²) < 4.78 is 1.64. The molecule has 0 saturated carbocycles. The van der Waals surface area contributed by atoms with E-state index in [1.807, 2.05) is 12.1 Å². The number of rotatable bonds is 0. The molecule has 76 valence electrons. The Morgan fingerprint density at radius 2 is 2.25 bits per heavy atom. The highest BCUT2D eigenvalue weighted by Gasteiger charge is 2.16. The average Bonchev–Trinajstić information content (AvgIpc) is 2.29. The lowest BCUT2D eigenvalue weighted by Gasteiger charge is -2.15. The molecule has 0 aromatic carbocycles. The first-order valence-electron chi connectivity index (χ1n) is 4.56. The van der Waals surface area contributed by atoms with Crippen molar-refractivity contribution >= 4 is 17.0 Å². The van der Waals surface area contributed by atoms with Gasteiger partial charge in [-0.15, -0.1) is 0 Å². The van der Waals surface area contributed by atoms with Gasteiger partial charge in [0.15, 0.2) is 5.82 Å². The zero-order valence-electron chi connectivity index (χ0n) is 8.01. The summed E-state index contributed by atoms with van der Waals surface area (Å²) in [5.74, 6) is 1.05. The average molecular weight is 211 g/mol. The molecule has 6 heteroatoms. The first kappa shape index (κ1) is 8.61. The second kappa shape index (κ2) is 2.90. The lowest BCUT2D eigenvalue weighted by Crippen LogP contribution is -2.21. The van der Waals surface area contributed by atoms with Crippen molar-refractivity contribution < 1.29 is 0 Å². The minimum absolute atomic E-state index is 0.313. The molecule has 0 saturated heterocycles. The van der Waals surface area contributed by atoms with Crippen LogP contribution in [0.4, 0.5) is 5.82 Å². The topological polar surface area (TPSA) is 83.1 Å². The van der Waals surface area contributed by atoms with Gasteiger partial charge < -0.3 is 5.32 Å². The van der Waals surface area contributed by atoms with Crippen molar-refractivity contribution in [1.29, 1.82) is 5.26 Å². The third-order valence-corrected chi connectivity index (χ3v) is 2.32. The molecule has 1 aliphatic rings. The number of nitrogens with one attached hydrogen (secondary N) is 1. The van der Waals surface area contributed by atoms with Gasteiger partial charge in [-0.05, 0) is 12.1 Å². The van der Waals surface area contributed by atoms with Gasteiger partial charge in [0.1, 0.15) is 23.1 Å². The van der Waals surface area contributed by atoms with E-state index in [2.05, 4.69) is 15.3 Å². The number of anilines is 1. The van der Waals surface area contributed by atoms with Crippen LogP contribution in [0.25, 0.3) is 11.2 Å². The molecule has 0 bridgehead atoms. The highest BCUT2D eigenvalue weighted by Crippen LogP contribution is 2.21. The molecule has 0 amide bonds. The predicted octanol–water partition coefficient (Wildman–Crippen LogP) is 0.379. The van der Waals surface area contributed by atoms with E-state index >= 15 is 0 Å². The van der Waals surface area contributed by atoms with E-state index < -0.39 is 5.69 Å². The fraction of sp³-hybridized carbons (Fsp3) is 0. The van der Waals surface area contributed by atoms with Gasteiger partial charge in [0.2, 0.25) is 0 Å². The predicted molar refractivity (Wildman–Crippen MR) is 56.5 cm³/mol. The molecule has 2 aromatic heterocycles. The summed E-state index contributed by atoms with van der Waals surface area (Å²) in [5.41, 5.74) is 0.198. The van der Waals surface area contributed by atoms with E-state index in [9.17, 15) is 4.79 Å². The number of hydrogen-bond acceptors (Lipinski definition) is 5. The zero-order chi connectivity index (χ0) is 11.1. The van der Waals surface area contributed by atoms with Crippen molar-refractivity contribution in [3.63, 3.8) is 0 Å². The summed E-state index contributed by atoms with van der Waals surface area (Å²) in [6, 6.07) is 7.26. The monoisotopic (exact) mass is 211 g/mol. The first-order valence-corrected chi connectivity index (χ1v) is 4.56. The van der Waals surface area contributed by atoms with Crippen molar-refractivity contribution in [2.24, 2.45) is 0 Å². The van der Waals surface area contributed by atoms with Crippen molar-refractivity contribution in [3.8, 4) is 6.07 Å². The van der Waals surface area contributed by atoms with Gasteiger partial charge in [0.05, 0.1) is 0 Å². The van der Waals surface area contributed by atoms with Gasteiger partial charge >= 0.3 is 5.69 Å². The molecule has 0 aliphatic carbocycles. The maximum absolute atomic E-state index is 11.3. The zero-order valence-corrected chi connectivity index (χ0v) is 8.01. The van der Waals surface area contributed by atoms with E-state index in [1.54, 1.807) is 16.5 Å². The molecule has 16 heavy (non-hydrogen) atoms. The minimum Gasteiger partial charge on any atom is -0.346 e. The van der Waals surface area contributed by atoms with Crippen LogP contribution in [-0.4, -0.2) is 14.4 Å². The van der Waals surface area contributed by atoms with E-state index in [0.717, 1.165) is 5.82 Å². The summed E-state index contributed by atoms with van der Waals surface area (Å²) in [6.07, 6.45) is 1.52. The van der Waals surface area contributed by atoms with Crippen molar-refractivity contribution in [2.45, 2.75) is 0 Å². The van der Waals surface area contributed by atoms with Crippen LogP contribution in [0.2, 0.25) is 0 Å². The summed E-state index contributed by atoms with van der Waals surface area (Å²) >= 11 is 0. The Labute approximate surface area is 89.5 Å². The molecule has 6 nitrogen and oxygen atoms in total. The molecular formula is C10H5N5O. The highest BCUT2D eigenvalue weighted by molar-refractivity contribution is 5.78. The molecule has 0 unspecified atom stereocenters. The molecule has 0 spiro atoms. The van der Waals surface area contributed by atoms with Crippen LogP contribution in [-0.2, 0) is 0 Å². The summed E-state index contributed by atoms with van der Waals surface area (Å²) in [6.45, 7) is 0. The maximum Gasteiger partial charge on any atom is 0.371 e. The van der Waals surface area contributed by atoms with Crippen LogP contribution in [0.5, 0.6) is 0 Å². The normalized spacial score (nSPS) is 12.8. The van der Waals surface area contributed by atoms with Crippen LogP contribution in [0.3, 0.4) is 0 Å². The molecule has 3 heterocycles. The van der Waals surface area contributed by atoms with E-state index in [4.69, 9.17) is 5.26 Å². The van der Waals surface area contributed by atoms with Gasteiger partial charge in [-0.2, -0.15) is 15.2 Å². The standard InChI is InChI=1S/C10H5N5O/c11-4-6-5-12-7-2-1-3-8-13-10(16)14-9(6)15(7)8/h1-3,5,12H. The Morgan fingerprint density at radius 1 is 1.38 bits per heavy atom. The molecular weight excluding hydrogens is 206 g/mol. The number of hydrogen-bond donors (Lipinski definition) is 1. The Kier molecular flexibility index (Phi) is 1.56. The molecule has 0 atom stereocenters. The highest BCUT2D eigenvalue weighted by atomic mass is 16.1. The third kappa shape index (κ3) is 1.02. The van der Waals surface area contributed by atoms with Crippen molar-refractivity contribution in [1.82, 2.24) is 14.4 Å². The van der Waals surface area contributed by atoms with Gasteiger partial charge in [-0.1, -0.05) is 6.07 Å². The Hall–Kier alpha value is -2.68. The number of allylic oxidation sites excluding steroid dienone is 1. The summed E-state index contributed by atoms with van der Waals surface area (Å²) in [4.78, 5) is 18.8. The van der Waals surface area contributed by atoms with Crippen LogP contribution in [0, 0.1) is 11.3 Å².